The lowest BCUT2D eigenvalue weighted by molar-refractivity contribution is -0.150. The second kappa shape index (κ2) is 7.51. The SMILES string of the molecule is COc1ccc(-c2cc(C(F)(F)F)nc(S[C@@H]3C[C@H](O)[C@H]4OC[C@H]3O4)n2)cc1. The van der Waals surface area contributed by atoms with Crippen LogP contribution in [0.1, 0.15) is 12.1 Å². The predicted molar refractivity (Wildman–Crippen MR) is 93.9 cm³/mol. The lowest BCUT2D eigenvalue weighted by atomic mass is 10.1. The van der Waals surface area contributed by atoms with Crippen LogP contribution in [0, 0.1) is 0 Å². The summed E-state index contributed by atoms with van der Waals surface area (Å²) in [6.45, 7) is 0.281. The highest BCUT2D eigenvalue weighted by Gasteiger charge is 2.44. The molecule has 0 unspecified atom stereocenters. The smallest absolute Gasteiger partial charge is 0.433 e. The van der Waals surface area contributed by atoms with Crippen LogP contribution in [0.4, 0.5) is 13.2 Å². The van der Waals surface area contributed by atoms with E-state index in [9.17, 15) is 18.3 Å². The zero-order chi connectivity index (χ0) is 19.9. The summed E-state index contributed by atoms with van der Waals surface area (Å²) >= 11 is 1.06. The van der Waals surface area contributed by atoms with Gasteiger partial charge in [0.1, 0.15) is 17.5 Å². The van der Waals surface area contributed by atoms with Gasteiger partial charge in [-0.1, -0.05) is 11.8 Å². The summed E-state index contributed by atoms with van der Waals surface area (Å²) in [5.74, 6) is 0.590. The Labute approximate surface area is 163 Å². The molecule has 0 radical (unpaired) electrons. The Hall–Kier alpha value is -1.88. The number of ether oxygens (including phenoxy) is 3. The van der Waals surface area contributed by atoms with Gasteiger partial charge in [0.15, 0.2) is 11.4 Å². The monoisotopic (exact) mass is 414 g/mol. The molecule has 4 rings (SSSR count). The second-order valence-electron chi connectivity index (χ2n) is 6.48. The average molecular weight is 414 g/mol. The molecule has 2 aromatic rings. The van der Waals surface area contributed by atoms with Gasteiger partial charge in [0.25, 0.3) is 0 Å². The fraction of sp³-hybridized carbons (Fsp3) is 0.444. The van der Waals surface area contributed by atoms with Crippen LogP contribution in [-0.4, -0.2) is 52.5 Å². The van der Waals surface area contributed by atoms with Crippen molar-refractivity contribution in [3.63, 3.8) is 0 Å². The number of rotatable bonds is 4. The number of nitrogens with zero attached hydrogens (tertiary/aromatic N) is 2. The second-order valence-corrected chi connectivity index (χ2v) is 7.69. The van der Waals surface area contributed by atoms with E-state index in [-0.39, 0.29) is 28.8 Å². The van der Waals surface area contributed by atoms with Crippen molar-refractivity contribution < 1.29 is 32.5 Å². The fourth-order valence-corrected chi connectivity index (χ4v) is 4.29. The van der Waals surface area contributed by atoms with Gasteiger partial charge >= 0.3 is 6.18 Å². The van der Waals surface area contributed by atoms with E-state index in [0.29, 0.717) is 17.7 Å². The van der Waals surface area contributed by atoms with E-state index in [4.69, 9.17) is 14.2 Å². The Morgan fingerprint density at radius 2 is 1.96 bits per heavy atom. The number of aromatic nitrogens is 2. The third kappa shape index (κ3) is 3.95. The fourth-order valence-electron chi connectivity index (χ4n) is 3.13. The van der Waals surface area contributed by atoms with Crippen LogP contribution in [0.15, 0.2) is 35.5 Å². The van der Waals surface area contributed by atoms with Gasteiger partial charge in [-0.3, -0.25) is 0 Å². The molecular weight excluding hydrogens is 397 g/mol. The maximum Gasteiger partial charge on any atom is 0.433 e. The van der Waals surface area contributed by atoms with E-state index in [1.54, 1.807) is 24.3 Å². The quantitative estimate of drug-likeness (QED) is 0.771. The first kappa shape index (κ1) is 19.4. The third-order valence-electron chi connectivity index (χ3n) is 4.57. The number of methoxy groups -OCH3 is 1. The van der Waals surface area contributed by atoms with Crippen LogP contribution < -0.4 is 4.74 Å². The summed E-state index contributed by atoms with van der Waals surface area (Å²) < 4.78 is 56.1. The van der Waals surface area contributed by atoms with E-state index in [1.807, 2.05) is 0 Å². The van der Waals surface area contributed by atoms with Crippen LogP contribution in [0.2, 0.25) is 0 Å². The van der Waals surface area contributed by atoms with Crippen LogP contribution >= 0.6 is 11.8 Å². The van der Waals surface area contributed by atoms with Gasteiger partial charge < -0.3 is 19.3 Å². The molecule has 1 N–H and O–H groups in total. The van der Waals surface area contributed by atoms with Gasteiger partial charge in [0.05, 0.1) is 25.5 Å². The molecule has 10 heteroatoms. The minimum absolute atomic E-state index is 0.0215. The number of alkyl halides is 3. The van der Waals surface area contributed by atoms with Crippen molar-refractivity contribution in [3.8, 4) is 17.0 Å². The molecule has 4 atom stereocenters. The van der Waals surface area contributed by atoms with Crippen molar-refractivity contribution in [2.45, 2.75) is 41.5 Å². The molecule has 1 aromatic heterocycles. The minimum atomic E-state index is -4.61. The van der Waals surface area contributed by atoms with Crippen molar-refractivity contribution in [1.29, 1.82) is 0 Å². The molecule has 0 saturated carbocycles. The van der Waals surface area contributed by atoms with E-state index in [2.05, 4.69) is 9.97 Å². The van der Waals surface area contributed by atoms with Gasteiger partial charge in [-0.05, 0) is 36.8 Å². The molecule has 6 nitrogen and oxygen atoms in total. The minimum Gasteiger partial charge on any atom is -0.497 e. The summed E-state index contributed by atoms with van der Waals surface area (Å²) in [5, 5.41) is 9.69. The maximum absolute atomic E-state index is 13.4. The van der Waals surface area contributed by atoms with Crippen molar-refractivity contribution >= 4 is 11.8 Å². The molecule has 2 bridgehead atoms. The standard InChI is InChI=1S/C18H17F3N2O4S/c1-25-10-4-2-9(3-5-10)11-6-15(18(19,20)21)23-17(22-11)28-14-7-12(24)16-26-8-13(14)27-16/h2-6,12-14,16,24H,7-8H2,1H3/t12-,13+,14+,16-/m0/s1. The summed E-state index contributed by atoms with van der Waals surface area (Å²) in [5.41, 5.74) is -0.348. The molecule has 3 heterocycles. The molecule has 2 fully saturated rings. The summed E-state index contributed by atoms with van der Waals surface area (Å²) in [6, 6.07) is 7.50. The first-order chi connectivity index (χ1) is 13.3. The van der Waals surface area contributed by atoms with Crippen LogP contribution in [0.5, 0.6) is 5.75 Å². The zero-order valence-electron chi connectivity index (χ0n) is 14.7. The Morgan fingerprint density at radius 1 is 1.21 bits per heavy atom. The summed E-state index contributed by atoms with van der Waals surface area (Å²) in [6.07, 6.45) is -6.09. The third-order valence-corrected chi connectivity index (χ3v) is 5.77. The summed E-state index contributed by atoms with van der Waals surface area (Å²) in [4.78, 5) is 8.00. The molecule has 150 valence electrons. The number of benzene rings is 1. The number of aliphatic hydroxyl groups is 1. The van der Waals surface area contributed by atoms with Crippen LogP contribution in [-0.2, 0) is 15.7 Å². The molecule has 2 saturated heterocycles. The Balaban J connectivity index is 1.66. The van der Waals surface area contributed by atoms with Gasteiger partial charge in [0, 0.05) is 10.8 Å². The van der Waals surface area contributed by atoms with E-state index in [1.165, 1.54) is 7.11 Å². The van der Waals surface area contributed by atoms with E-state index >= 15 is 0 Å². The number of aliphatic hydroxyl groups excluding tert-OH is 1. The molecule has 0 spiro atoms. The van der Waals surface area contributed by atoms with Crippen LogP contribution in [0.3, 0.4) is 0 Å². The molecule has 0 aliphatic carbocycles. The highest BCUT2D eigenvalue weighted by Crippen LogP contribution is 2.39. The molecule has 2 aliphatic heterocycles. The van der Waals surface area contributed by atoms with Crippen molar-refractivity contribution in [2.75, 3.05) is 13.7 Å². The molecule has 0 amide bonds. The van der Waals surface area contributed by atoms with Gasteiger partial charge in [-0.25, -0.2) is 9.97 Å². The lowest BCUT2D eigenvalue weighted by Gasteiger charge is -2.30. The van der Waals surface area contributed by atoms with Gasteiger partial charge in [-0.15, -0.1) is 0 Å². The van der Waals surface area contributed by atoms with Gasteiger partial charge in [-0.2, -0.15) is 13.2 Å². The predicted octanol–water partition coefficient (Wildman–Crippen LogP) is 3.14. The number of hydrogen-bond donors (Lipinski definition) is 1. The van der Waals surface area contributed by atoms with E-state index in [0.717, 1.165) is 17.8 Å². The highest BCUT2D eigenvalue weighted by atomic mass is 32.2. The highest BCUT2D eigenvalue weighted by molar-refractivity contribution is 7.99. The molecule has 2 aliphatic rings. The summed E-state index contributed by atoms with van der Waals surface area (Å²) in [7, 11) is 1.51. The first-order valence-electron chi connectivity index (χ1n) is 8.56. The maximum atomic E-state index is 13.4. The first-order valence-corrected chi connectivity index (χ1v) is 9.44. The van der Waals surface area contributed by atoms with Crippen molar-refractivity contribution in [2.24, 2.45) is 0 Å². The van der Waals surface area contributed by atoms with Crippen molar-refractivity contribution in [3.05, 3.63) is 36.0 Å². The average Bonchev–Trinajstić information content (AvgIpc) is 3.11. The van der Waals surface area contributed by atoms with Gasteiger partial charge in [0.2, 0.25) is 0 Å². The zero-order valence-corrected chi connectivity index (χ0v) is 15.5. The normalized spacial score (nSPS) is 27.0. The topological polar surface area (TPSA) is 73.7 Å². The number of halogens is 3. The number of fused-ring (bicyclic) bond motifs is 2. The lowest BCUT2D eigenvalue weighted by Crippen LogP contribution is -2.40. The van der Waals surface area contributed by atoms with E-state index < -0.39 is 24.3 Å². The Bertz CT molecular complexity index is 850. The molecular formula is C18H17F3N2O4S. The largest absolute Gasteiger partial charge is 0.497 e. The Morgan fingerprint density at radius 3 is 2.64 bits per heavy atom. The number of hydrogen-bond acceptors (Lipinski definition) is 7. The Kier molecular flexibility index (Phi) is 5.21. The molecule has 1 aromatic carbocycles. The van der Waals surface area contributed by atoms with Crippen LogP contribution in [0.25, 0.3) is 11.3 Å². The molecule has 28 heavy (non-hydrogen) atoms. The number of thioether (sulfide) groups is 1. The van der Waals surface area contributed by atoms with Crippen molar-refractivity contribution in [1.82, 2.24) is 9.97 Å².